The van der Waals surface area contributed by atoms with Gasteiger partial charge in [0.25, 0.3) is 0 Å². The molecule has 6 heteroatoms. The standard InChI is InChI=1S/C13H22N2O3S/c1-4-15-19(16,17)13-7-5-11(6-8-13)9-12(14-2)10-18-3/h5-8,12,14-15H,4,9-10H2,1-3H3. The van der Waals surface area contributed by atoms with Crippen molar-refractivity contribution < 1.29 is 13.2 Å². The highest BCUT2D eigenvalue weighted by molar-refractivity contribution is 7.89. The number of sulfonamides is 1. The average Bonchev–Trinajstić information content (AvgIpc) is 2.39. The van der Waals surface area contributed by atoms with E-state index in [1.54, 1.807) is 26.2 Å². The van der Waals surface area contributed by atoms with Gasteiger partial charge < -0.3 is 10.1 Å². The highest BCUT2D eigenvalue weighted by Crippen LogP contribution is 2.12. The minimum Gasteiger partial charge on any atom is -0.383 e. The summed E-state index contributed by atoms with van der Waals surface area (Å²) in [6.45, 7) is 2.77. The van der Waals surface area contributed by atoms with Gasteiger partial charge in [0.05, 0.1) is 11.5 Å². The van der Waals surface area contributed by atoms with E-state index in [0.29, 0.717) is 18.0 Å². The summed E-state index contributed by atoms with van der Waals surface area (Å²) >= 11 is 0. The van der Waals surface area contributed by atoms with Gasteiger partial charge in [0, 0.05) is 19.7 Å². The van der Waals surface area contributed by atoms with E-state index < -0.39 is 10.0 Å². The molecule has 108 valence electrons. The molecular formula is C13H22N2O3S. The Balaban J connectivity index is 2.76. The van der Waals surface area contributed by atoms with Crippen LogP contribution in [-0.2, 0) is 21.2 Å². The van der Waals surface area contributed by atoms with Crippen molar-refractivity contribution in [1.29, 1.82) is 0 Å². The number of methoxy groups -OCH3 is 1. The normalized spacial score (nSPS) is 13.4. The van der Waals surface area contributed by atoms with Crippen molar-refractivity contribution in [2.24, 2.45) is 0 Å². The van der Waals surface area contributed by atoms with E-state index in [-0.39, 0.29) is 6.04 Å². The molecule has 0 saturated heterocycles. The Labute approximate surface area is 115 Å². The zero-order chi connectivity index (χ0) is 14.3. The smallest absolute Gasteiger partial charge is 0.240 e. The molecule has 0 fully saturated rings. The maximum absolute atomic E-state index is 11.8. The fourth-order valence-electron chi connectivity index (χ4n) is 1.81. The van der Waals surface area contributed by atoms with E-state index >= 15 is 0 Å². The lowest BCUT2D eigenvalue weighted by atomic mass is 10.1. The largest absolute Gasteiger partial charge is 0.383 e. The molecule has 0 spiro atoms. The van der Waals surface area contributed by atoms with Crippen LogP contribution >= 0.6 is 0 Å². The molecule has 0 saturated carbocycles. The average molecular weight is 286 g/mol. The second-order valence-corrected chi connectivity index (χ2v) is 6.06. The molecule has 1 aromatic rings. The molecule has 0 bridgehead atoms. The third kappa shape index (κ3) is 4.91. The highest BCUT2D eigenvalue weighted by Gasteiger charge is 2.13. The van der Waals surface area contributed by atoms with E-state index in [0.717, 1.165) is 12.0 Å². The molecule has 0 aliphatic heterocycles. The van der Waals surface area contributed by atoms with Crippen molar-refractivity contribution in [3.63, 3.8) is 0 Å². The minimum atomic E-state index is -3.36. The van der Waals surface area contributed by atoms with Gasteiger partial charge in [-0.25, -0.2) is 13.1 Å². The number of rotatable bonds is 8. The third-order valence-electron chi connectivity index (χ3n) is 2.83. The first-order valence-corrected chi connectivity index (χ1v) is 7.76. The van der Waals surface area contributed by atoms with Crippen LogP contribution in [0.25, 0.3) is 0 Å². The first kappa shape index (κ1) is 16.1. The van der Waals surface area contributed by atoms with Crippen molar-refractivity contribution in [1.82, 2.24) is 10.0 Å². The van der Waals surface area contributed by atoms with Gasteiger partial charge in [0.15, 0.2) is 0 Å². The number of ether oxygens (including phenoxy) is 1. The maximum atomic E-state index is 11.8. The van der Waals surface area contributed by atoms with Crippen LogP contribution in [0.3, 0.4) is 0 Å². The van der Waals surface area contributed by atoms with E-state index in [2.05, 4.69) is 10.0 Å². The summed E-state index contributed by atoms with van der Waals surface area (Å²) in [6, 6.07) is 7.16. The fraction of sp³-hybridized carbons (Fsp3) is 0.538. The van der Waals surface area contributed by atoms with Crippen LogP contribution in [0.4, 0.5) is 0 Å². The number of nitrogens with one attached hydrogen (secondary N) is 2. The van der Waals surface area contributed by atoms with Gasteiger partial charge in [0.1, 0.15) is 0 Å². The van der Waals surface area contributed by atoms with Crippen molar-refractivity contribution in [2.75, 3.05) is 27.3 Å². The molecule has 1 aromatic carbocycles. The molecule has 19 heavy (non-hydrogen) atoms. The third-order valence-corrected chi connectivity index (χ3v) is 4.39. The van der Waals surface area contributed by atoms with Crippen LogP contribution in [-0.4, -0.2) is 41.8 Å². The summed E-state index contributed by atoms with van der Waals surface area (Å²) in [7, 11) is 0.184. The molecule has 0 aliphatic rings. The summed E-state index contributed by atoms with van der Waals surface area (Å²) in [5.41, 5.74) is 1.08. The molecule has 1 rings (SSSR count). The summed E-state index contributed by atoms with van der Waals surface area (Å²) < 4.78 is 31.1. The quantitative estimate of drug-likeness (QED) is 0.740. The lowest BCUT2D eigenvalue weighted by Crippen LogP contribution is -2.32. The lowest BCUT2D eigenvalue weighted by Gasteiger charge is -2.15. The van der Waals surface area contributed by atoms with Gasteiger partial charge in [-0.3, -0.25) is 0 Å². The van der Waals surface area contributed by atoms with E-state index in [9.17, 15) is 8.42 Å². The number of hydrogen-bond acceptors (Lipinski definition) is 4. The van der Waals surface area contributed by atoms with Gasteiger partial charge >= 0.3 is 0 Å². The monoisotopic (exact) mass is 286 g/mol. The molecule has 0 aromatic heterocycles. The summed E-state index contributed by atoms with van der Waals surface area (Å²) in [5.74, 6) is 0. The number of likely N-dealkylation sites (N-methyl/N-ethyl adjacent to an activating group) is 1. The SMILES string of the molecule is CCNS(=O)(=O)c1ccc(CC(COC)NC)cc1. The van der Waals surface area contributed by atoms with E-state index in [4.69, 9.17) is 4.74 Å². The van der Waals surface area contributed by atoms with E-state index in [1.807, 2.05) is 19.2 Å². The minimum absolute atomic E-state index is 0.223. The summed E-state index contributed by atoms with van der Waals surface area (Å²) in [5, 5.41) is 3.16. The fourth-order valence-corrected chi connectivity index (χ4v) is 2.85. The van der Waals surface area contributed by atoms with Gasteiger partial charge in [-0.1, -0.05) is 19.1 Å². The Kier molecular flexibility index (Phi) is 6.44. The molecule has 0 radical (unpaired) electrons. The first-order valence-electron chi connectivity index (χ1n) is 6.28. The van der Waals surface area contributed by atoms with Crippen LogP contribution in [0.2, 0.25) is 0 Å². The van der Waals surface area contributed by atoms with Crippen molar-refractivity contribution in [2.45, 2.75) is 24.3 Å². The molecule has 1 atom stereocenters. The summed E-state index contributed by atoms with van der Waals surface area (Å²) in [6.07, 6.45) is 0.797. The molecule has 1 unspecified atom stereocenters. The highest BCUT2D eigenvalue weighted by atomic mass is 32.2. The zero-order valence-corrected chi connectivity index (χ0v) is 12.5. The van der Waals surface area contributed by atoms with Crippen LogP contribution in [0.1, 0.15) is 12.5 Å². The Morgan fingerprint density at radius 1 is 1.26 bits per heavy atom. The van der Waals surface area contributed by atoms with E-state index in [1.165, 1.54) is 0 Å². The Hall–Kier alpha value is -0.950. The summed E-state index contributed by atoms with van der Waals surface area (Å²) in [4.78, 5) is 0.297. The van der Waals surface area contributed by atoms with Crippen LogP contribution in [0.15, 0.2) is 29.2 Å². The second-order valence-electron chi connectivity index (χ2n) is 4.29. The zero-order valence-electron chi connectivity index (χ0n) is 11.6. The van der Waals surface area contributed by atoms with Gasteiger partial charge in [-0.15, -0.1) is 0 Å². The molecule has 2 N–H and O–H groups in total. The van der Waals surface area contributed by atoms with Gasteiger partial charge in [-0.2, -0.15) is 0 Å². The van der Waals surface area contributed by atoms with Gasteiger partial charge in [0.2, 0.25) is 10.0 Å². The molecule has 0 amide bonds. The topological polar surface area (TPSA) is 67.4 Å². The number of benzene rings is 1. The predicted octanol–water partition coefficient (Wildman–Crippen LogP) is 0.762. The number of hydrogen-bond donors (Lipinski definition) is 2. The van der Waals surface area contributed by atoms with Crippen molar-refractivity contribution >= 4 is 10.0 Å². The Morgan fingerprint density at radius 2 is 1.89 bits per heavy atom. The first-order chi connectivity index (χ1) is 9.03. The van der Waals surface area contributed by atoms with Crippen molar-refractivity contribution in [3.05, 3.63) is 29.8 Å². The Morgan fingerprint density at radius 3 is 2.37 bits per heavy atom. The predicted molar refractivity (Wildman–Crippen MR) is 75.7 cm³/mol. The molecule has 0 aliphatic carbocycles. The molecule has 5 nitrogen and oxygen atoms in total. The maximum Gasteiger partial charge on any atom is 0.240 e. The second kappa shape index (κ2) is 7.59. The van der Waals surface area contributed by atoms with Crippen molar-refractivity contribution in [3.8, 4) is 0 Å². The molecule has 0 heterocycles. The van der Waals surface area contributed by atoms with Crippen LogP contribution in [0, 0.1) is 0 Å². The van der Waals surface area contributed by atoms with Crippen LogP contribution in [0.5, 0.6) is 0 Å². The van der Waals surface area contributed by atoms with Crippen LogP contribution < -0.4 is 10.0 Å². The molecular weight excluding hydrogens is 264 g/mol. The van der Waals surface area contributed by atoms with Gasteiger partial charge in [-0.05, 0) is 31.2 Å². The lowest BCUT2D eigenvalue weighted by molar-refractivity contribution is 0.169. The Bertz CT molecular complexity index is 471.